The van der Waals surface area contributed by atoms with Gasteiger partial charge in [0.1, 0.15) is 5.76 Å². The summed E-state index contributed by atoms with van der Waals surface area (Å²) in [5.74, 6) is 0.587. The number of piperidine rings is 1. The van der Waals surface area contributed by atoms with Crippen molar-refractivity contribution in [1.82, 2.24) is 9.62 Å². The molecule has 27 heavy (non-hydrogen) atoms. The summed E-state index contributed by atoms with van der Waals surface area (Å²) in [6.07, 6.45) is -0.174. The van der Waals surface area contributed by atoms with Gasteiger partial charge in [-0.25, -0.2) is 13.1 Å². The van der Waals surface area contributed by atoms with Crippen molar-refractivity contribution in [2.75, 3.05) is 19.6 Å². The Labute approximate surface area is 156 Å². The minimum atomic E-state index is -4.75. The van der Waals surface area contributed by atoms with Gasteiger partial charge in [-0.1, -0.05) is 18.6 Å². The molecule has 148 valence electrons. The van der Waals surface area contributed by atoms with E-state index in [0.29, 0.717) is 5.76 Å². The molecule has 2 aromatic rings. The molecule has 1 atom stereocenters. The van der Waals surface area contributed by atoms with Crippen LogP contribution in [-0.2, 0) is 16.2 Å². The first-order chi connectivity index (χ1) is 12.8. The number of hydrogen-bond acceptors (Lipinski definition) is 4. The van der Waals surface area contributed by atoms with Crippen molar-refractivity contribution in [3.8, 4) is 0 Å². The highest BCUT2D eigenvalue weighted by molar-refractivity contribution is 7.89. The van der Waals surface area contributed by atoms with Gasteiger partial charge in [-0.05, 0) is 50.2 Å². The molecule has 1 aromatic heterocycles. The summed E-state index contributed by atoms with van der Waals surface area (Å²) in [7, 11) is -4.34. The summed E-state index contributed by atoms with van der Waals surface area (Å²) in [5.41, 5.74) is -1.18. The van der Waals surface area contributed by atoms with Crippen LogP contribution in [-0.4, -0.2) is 33.0 Å². The average Bonchev–Trinajstić information content (AvgIpc) is 3.16. The van der Waals surface area contributed by atoms with E-state index in [4.69, 9.17) is 4.42 Å². The normalized spacial score (nSPS) is 17.7. The third-order valence-electron chi connectivity index (χ3n) is 4.65. The van der Waals surface area contributed by atoms with E-state index in [1.807, 2.05) is 0 Å². The van der Waals surface area contributed by atoms with Gasteiger partial charge in [0.25, 0.3) is 0 Å². The van der Waals surface area contributed by atoms with Gasteiger partial charge in [-0.2, -0.15) is 13.2 Å². The zero-order valence-electron chi connectivity index (χ0n) is 14.6. The fraction of sp³-hybridized carbons (Fsp3) is 0.444. The second-order valence-electron chi connectivity index (χ2n) is 6.47. The molecule has 9 heteroatoms. The number of hydrogen-bond donors (Lipinski definition) is 1. The van der Waals surface area contributed by atoms with Crippen LogP contribution in [0.3, 0.4) is 0 Å². The summed E-state index contributed by atoms with van der Waals surface area (Å²) in [6, 6.07) is 7.27. The highest BCUT2D eigenvalue weighted by atomic mass is 32.2. The first-order valence-electron chi connectivity index (χ1n) is 8.72. The standard InChI is InChI=1S/C18H21F3N2O3S/c19-18(20,21)14-7-2-3-9-17(14)27(24,25)22-13-15(16-8-6-12-26-16)23-10-4-1-5-11-23/h2-3,6-9,12,15,22H,1,4-5,10-11,13H2/t15-/m0/s1. The number of furan rings is 1. The summed E-state index contributed by atoms with van der Waals surface area (Å²) >= 11 is 0. The van der Waals surface area contributed by atoms with Crippen molar-refractivity contribution in [3.63, 3.8) is 0 Å². The third kappa shape index (κ3) is 4.72. The topological polar surface area (TPSA) is 62.6 Å². The summed E-state index contributed by atoms with van der Waals surface area (Å²) in [4.78, 5) is 1.33. The number of halogens is 3. The maximum Gasteiger partial charge on any atom is 0.417 e. The van der Waals surface area contributed by atoms with Gasteiger partial charge < -0.3 is 4.42 Å². The Bertz CT molecular complexity index is 845. The molecule has 2 heterocycles. The molecule has 1 aliphatic heterocycles. The number of nitrogens with zero attached hydrogens (tertiary/aromatic N) is 1. The van der Waals surface area contributed by atoms with Crippen LogP contribution in [0, 0.1) is 0 Å². The average molecular weight is 402 g/mol. The van der Waals surface area contributed by atoms with Crippen LogP contribution in [0.25, 0.3) is 0 Å². The van der Waals surface area contributed by atoms with E-state index in [9.17, 15) is 21.6 Å². The Morgan fingerprint density at radius 2 is 1.78 bits per heavy atom. The molecule has 5 nitrogen and oxygen atoms in total. The number of alkyl halides is 3. The molecule has 0 aliphatic carbocycles. The fourth-order valence-electron chi connectivity index (χ4n) is 3.32. The van der Waals surface area contributed by atoms with Crippen LogP contribution in [0.5, 0.6) is 0 Å². The molecule has 0 amide bonds. The van der Waals surface area contributed by atoms with Crippen LogP contribution in [0.4, 0.5) is 13.2 Å². The number of sulfonamides is 1. The van der Waals surface area contributed by atoms with Gasteiger partial charge >= 0.3 is 6.18 Å². The lowest BCUT2D eigenvalue weighted by molar-refractivity contribution is -0.139. The molecule has 1 fully saturated rings. The van der Waals surface area contributed by atoms with Crippen LogP contribution in [0.2, 0.25) is 0 Å². The Balaban J connectivity index is 1.83. The molecule has 1 saturated heterocycles. The molecule has 0 radical (unpaired) electrons. The fourth-order valence-corrected chi connectivity index (χ4v) is 4.59. The van der Waals surface area contributed by atoms with E-state index in [-0.39, 0.29) is 12.6 Å². The number of benzene rings is 1. The third-order valence-corrected chi connectivity index (χ3v) is 6.13. The van der Waals surface area contributed by atoms with Gasteiger partial charge in [0.15, 0.2) is 0 Å². The summed E-state index contributed by atoms with van der Waals surface area (Å²) in [6.45, 7) is 1.50. The lowest BCUT2D eigenvalue weighted by atomic mass is 10.1. The van der Waals surface area contributed by atoms with Crippen LogP contribution in [0.15, 0.2) is 52.0 Å². The largest absolute Gasteiger partial charge is 0.468 e. The van der Waals surface area contributed by atoms with E-state index in [1.54, 1.807) is 12.1 Å². The predicted octanol–water partition coefficient (Wildman–Crippen LogP) is 3.80. The Hall–Kier alpha value is -1.84. The monoisotopic (exact) mass is 402 g/mol. The molecule has 1 aliphatic rings. The molecular formula is C18H21F3N2O3S. The second kappa shape index (κ2) is 8.04. The van der Waals surface area contributed by atoms with Gasteiger partial charge in [-0.15, -0.1) is 0 Å². The molecule has 1 aromatic carbocycles. The highest BCUT2D eigenvalue weighted by Crippen LogP contribution is 2.34. The van der Waals surface area contributed by atoms with Crippen molar-refractivity contribution in [1.29, 1.82) is 0 Å². The van der Waals surface area contributed by atoms with Crippen molar-refractivity contribution in [3.05, 3.63) is 54.0 Å². The summed E-state index contributed by atoms with van der Waals surface area (Å²) in [5, 5.41) is 0. The van der Waals surface area contributed by atoms with E-state index in [0.717, 1.165) is 44.5 Å². The van der Waals surface area contributed by atoms with Crippen molar-refractivity contribution in [2.45, 2.75) is 36.4 Å². The molecular weight excluding hydrogens is 381 g/mol. The second-order valence-corrected chi connectivity index (χ2v) is 8.21. The Kier molecular flexibility index (Phi) is 5.92. The molecule has 1 N–H and O–H groups in total. The number of likely N-dealkylation sites (tertiary alicyclic amines) is 1. The highest BCUT2D eigenvalue weighted by Gasteiger charge is 2.37. The molecule has 0 saturated carbocycles. The van der Waals surface area contributed by atoms with Crippen molar-refractivity contribution >= 4 is 10.0 Å². The molecule has 0 bridgehead atoms. The first-order valence-corrected chi connectivity index (χ1v) is 10.2. The predicted molar refractivity (Wildman–Crippen MR) is 93.5 cm³/mol. The van der Waals surface area contributed by atoms with E-state index < -0.39 is 26.7 Å². The zero-order valence-corrected chi connectivity index (χ0v) is 15.4. The number of nitrogens with one attached hydrogen (secondary N) is 1. The molecule has 3 rings (SSSR count). The molecule has 0 unspecified atom stereocenters. The van der Waals surface area contributed by atoms with E-state index in [1.165, 1.54) is 18.4 Å². The SMILES string of the molecule is O=S(=O)(NC[C@@H](c1ccco1)N1CCCCC1)c1ccccc1C(F)(F)F. The zero-order chi connectivity index (χ0) is 19.5. The van der Waals surface area contributed by atoms with Gasteiger partial charge in [-0.3, -0.25) is 4.90 Å². The van der Waals surface area contributed by atoms with E-state index in [2.05, 4.69) is 9.62 Å². The smallest absolute Gasteiger partial charge is 0.417 e. The van der Waals surface area contributed by atoms with Gasteiger partial charge in [0.05, 0.1) is 22.8 Å². The lowest BCUT2D eigenvalue weighted by Crippen LogP contribution is -2.40. The van der Waals surface area contributed by atoms with Crippen LogP contribution >= 0.6 is 0 Å². The quantitative estimate of drug-likeness (QED) is 0.798. The maximum absolute atomic E-state index is 13.2. The minimum Gasteiger partial charge on any atom is -0.468 e. The lowest BCUT2D eigenvalue weighted by Gasteiger charge is -2.33. The minimum absolute atomic E-state index is 0.0674. The van der Waals surface area contributed by atoms with Gasteiger partial charge in [0, 0.05) is 6.54 Å². The molecule has 0 spiro atoms. The maximum atomic E-state index is 13.2. The first kappa shape index (κ1) is 19.9. The van der Waals surface area contributed by atoms with Crippen LogP contribution in [0.1, 0.15) is 36.6 Å². The van der Waals surface area contributed by atoms with E-state index >= 15 is 0 Å². The van der Waals surface area contributed by atoms with Crippen molar-refractivity contribution in [2.24, 2.45) is 0 Å². The number of rotatable bonds is 6. The summed E-state index contributed by atoms with van der Waals surface area (Å²) < 4.78 is 72.5. The van der Waals surface area contributed by atoms with Crippen molar-refractivity contribution < 1.29 is 26.0 Å². The Morgan fingerprint density at radius 3 is 2.41 bits per heavy atom. The Morgan fingerprint density at radius 1 is 1.07 bits per heavy atom. The van der Waals surface area contributed by atoms with Crippen LogP contribution < -0.4 is 4.72 Å². The van der Waals surface area contributed by atoms with Gasteiger partial charge in [0.2, 0.25) is 10.0 Å².